The lowest BCUT2D eigenvalue weighted by Crippen LogP contribution is -2.18. The normalized spacial score (nSPS) is 13.9. The van der Waals surface area contributed by atoms with Crippen LogP contribution in [0.4, 0.5) is 0 Å². The molecule has 3 aromatic rings. The number of rotatable bonds is 0. The van der Waals surface area contributed by atoms with Crippen LogP contribution in [0.3, 0.4) is 0 Å². The largest absolute Gasteiger partial charge is 0.465 e. The van der Waals surface area contributed by atoms with Gasteiger partial charge in [0.25, 0.3) is 0 Å². The minimum absolute atomic E-state index is 0.0684. The molecule has 4 rings (SSSR count). The molecule has 1 aliphatic rings. The zero-order valence-corrected chi connectivity index (χ0v) is 13.7. The second kappa shape index (κ2) is 3.93. The fraction of sp³-hybridized carbons (Fsp3) is 0.250. The molecule has 3 heterocycles. The molecule has 0 amide bonds. The summed E-state index contributed by atoms with van der Waals surface area (Å²) in [4.78, 5) is 28.5. The summed E-state index contributed by atoms with van der Waals surface area (Å²) in [6.07, 6.45) is 0. The summed E-state index contributed by atoms with van der Waals surface area (Å²) in [5.74, 6) is 0.936. The Labute approximate surface area is 129 Å². The molecule has 106 valence electrons. The van der Waals surface area contributed by atoms with Crippen molar-refractivity contribution < 1.29 is 14.0 Å². The number of carbonyl (C=O) groups is 2. The summed E-state index contributed by atoms with van der Waals surface area (Å²) in [5.41, 5.74) is 1.49. The Balaban J connectivity index is 2.16. The first-order valence-corrected chi connectivity index (χ1v) is 8.27. The molecular weight excluding hydrogens is 304 g/mol. The number of thiophene rings is 2. The molecule has 0 unspecified atom stereocenters. The van der Waals surface area contributed by atoms with Crippen molar-refractivity contribution in [3.63, 3.8) is 0 Å². The Morgan fingerprint density at radius 2 is 1.38 bits per heavy atom. The van der Waals surface area contributed by atoms with Gasteiger partial charge < -0.3 is 4.42 Å². The van der Waals surface area contributed by atoms with E-state index in [-0.39, 0.29) is 11.6 Å². The lowest BCUT2D eigenvalue weighted by Gasteiger charge is -2.11. The molecule has 3 nitrogen and oxygen atoms in total. The summed E-state index contributed by atoms with van der Waals surface area (Å²) >= 11 is 3.12. The standard InChI is InChI=1S/C16H12O3S2/c1-5-9-10(6(2)19-5)14(18)16-12(13(9)17)11-7(3)20-8(4)15(11)21-16/h1-4H3. The van der Waals surface area contributed by atoms with E-state index < -0.39 is 0 Å². The fourth-order valence-electron chi connectivity index (χ4n) is 3.19. The van der Waals surface area contributed by atoms with Crippen molar-refractivity contribution in [1.82, 2.24) is 0 Å². The average molecular weight is 316 g/mol. The first kappa shape index (κ1) is 13.0. The van der Waals surface area contributed by atoms with Crippen LogP contribution >= 0.6 is 22.7 Å². The van der Waals surface area contributed by atoms with E-state index in [0.29, 0.717) is 33.1 Å². The highest BCUT2D eigenvalue weighted by molar-refractivity contribution is 7.26. The molecule has 3 aromatic heterocycles. The molecule has 0 spiro atoms. The van der Waals surface area contributed by atoms with E-state index in [9.17, 15) is 9.59 Å². The van der Waals surface area contributed by atoms with E-state index in [4.69, 9.17) is 4.42 Å². The number of fused-ring (bicyclic) bond motifs is 4. The van der Waals surface area contributed by atoms with Crippen molar-refractivity contribution in [1.29, 1.82) is 0 Å². The van der Waals surface area contributed by atoms with Crippen molar-refractivity contribution in [3.8, 4) is 0 Å². The van der Waals surface area contributed by atoms with Gasteiger partial charge in [-0.1, -0.05) is 0 Å². The van der Waals surface area contributed by atoms with E-state index >= 15 is 0 Å². The predicted molar refractivity (Wildman–Crippen MR) is 84.2 cm³/mol. The van der Waals surface area contributed by atoms with Crippen LogP contribution < -0.4 is 0 Å². The molecule has 0 N–H and O–H groups in total. The van der Waals surface area contributed by atoms with Gasteiger partial charge in [0.15, 0.2) is 5.78 Å². The third-order valence-corrected chi connectivity index (χ3v) is 6.49. The Morgan fingerprint density at radius 3 is 2.05 bits per heavy atom. The summed E-state index contributed by atoms with van der Waals surface area (Å²) in [6.45, 7) is 7.54. The number of furan rings is 1. The van der Waals surface area contributed by atoms with Gasteiger partial charge in [-0.3, -0.25) is 9.59 Å². The van der Waals surface area contributed by atoms with Crippen LogP contribution in [0.5, 0.6) is 0 Å². The smallest absolute Gasteiger partial charge is 0.208 e. The maximum absolute atomic E-state index is 12.9. The Hall–Kier alpha value is -1.72. The molecule has 0 radical (unpaired) electrons. The fourth-order valence-corrected chi connectivity index (χ4v) is 5.66. The molecule has 0 fully saturated rings. The van der Waals surface area contributed by atoms with Crippen molar-refractivity contribution >= 4 is 44.3 Å². The molecule has 0 saturated heterocycles. The molecule has 1 aliphatic carbocycles. The third-order valence-electron chi connectivity index (χ3n) is 4.03. The summed E-state index contributed by atoms with van der Waals surface area (Å²) in [7, 11) is 0. The van der Waals surface area contributed by atoms with Gasteiger partial charge >= 0.3 is 0 Å². The molecule has 0 atom stereocenters. The van der Waals surface area contributed by atoms with Crippen molar-refractivity contribution in [2.45, 2.75) is 27.7 Å². The molecule has 5 heteroatoms. The first-order valence-electron chi connectivity index (χ1n) is 6.63. The van der Waals surface area contributed by atoms with Crippen LogP contribution in [0.15, 0.2) is 4.42 Å². The predicted octanol–water partition coefficient (Wildman–Crippen LogP) is 4.56. The molecule has 21 heavy (non-hydrogen) atoms. The van der Waals surface area contributed by atoms with Gasteiger partial charge in [0.2, 0.25) is 5.78 Å². The summed E-state index contributed by atoms with van der Waals surface area (Å²) in [5, 5.41) is 0.958. The minimum atomic E-state index is -0.0704. The Bertz CT molecular complexity index is 966. The lowest BCUT2D eigenvalue weighted by atomic mass is 9.88. The van der Waals surface area contributed by atoms with Crippen LogP contribution in [-0.4, -0.2) is 11.6 Å². The monoisotopic (exact) mass is 316 g/mol. The van der Waals surface area contributed by atoms with Gasteiger partial charge in [-0.05, 0) is 27.7 Å². The van der Waals surface area contributed by atoms with Crippen LogP contribution in [0, 0.1) is 27.7 Å². The highest BCUT2D eigenvalue weighted by atomic mass is 32.1. The van der Waals surface area contributed by atoms with Crippen LogP contribution in [-0.2, 0) is 0 Å². The lowest BCUT2D eigenvalue weighted by molar-refractivity contribution is 0.0983. The number of hydrogen-bond acceptors (Lipinski definition) is 5. The van der Waals surface area contributed by atoms with Crippen LogP contribution in [0.2, 0.25) is 0 Å². The van der Waals surface area contributed by atoms with E-state index in [1.54, 1.807) is 25.2 Å². The zero-order chi connectivity index (χ0) is 15.0. The van der Waals surface area contributed by atoms with Crippen LogP contribution in [0.1, 0.15) is 52.4 Å². The van der Waals surface area contributed by atoms with Gasteiger partial charge in [0.1, 0.15) is 11.5 Å². The highest BCUT2D eigenvalue weighted by Crippen LogP contribution is 2.45. The van der Waals surface area contributed by atoms with Gasteiger partial charge in [-0.15, -0.1) is 22.7 Å². The van der Waals surface area contributed by atoms with Gasteiger partial charge in [-0.2, -0.15) is 0 Å². The van der Waals surface area contributed by atoms with Gasteiger partial charge in [0, 0.05) is 19.8 Å². The minimum Gasteiger partial charge on any atom is -0.465 e. The third kappa shape index (κ3) is 1.43. The second-order valence-corrected chi connectivity index (χ2v) is 7.80. The maximum atomic E-state index is 12.9. The molecule has 0 aliphatic heterocycles. The van der Waals surface area contributed by atoms with Crippen molar-refractivity contribution in [2.75, 3.05) is 0 Å². The number of carbonyl (C=O) groups excluding carboxylic acids is 2. The second-order valence-electron chi connectivity index (χ2n) is 5.35. The van der Waals surface area contributed by atoms with Crippen molar-refractivity contribution in [3.05, 3.63) is 42.8 Å². The van der Waals surface area contributed by atoms with E-state index in [1.807, 2.05) is 13.8 Å². The molecule has 0 saturated carbocycles. The van der Waals surface area contributed by atoms with E-state index in [0.717, 1.165) is 15.0 Å². The van der Waals surface area contributed by atoms with E-state index in [1.165, 1.54) is 16.2 Å². The van der Waals surface area contributed by atoms with Crippen molar-refractivity contribution in [2.24, 2.45) is 0 Å². The number of ketones is 2. The summed E-state index contributed by atoms with van der Waals surface area (Å²) in [6, 6.07) is 0. The van der Waals surface area contributed by atoms with Gasteiger partial charge in [0.05, 0.1) is 21.6 Å². The average Bonchev–Trinajstić information content (AvgIpc) is 3.01. The number of hydrogen-bond donors (Lipinski definition) is 0. The first-order chi connectivity index (χ1) is 9.91. The highest BCUT2D eigenvalue weighted by Gasteiger charge is 2.39. The number of aryl methyl sites for hydroxylation is 4. The van der Waals surface area contributed by atoms with Gasteiger partial charge in [-0.25, -0.2) is 0 Å². The summed E-state index contributed by atoms with van der Waals surface area (Å²) < 4.78 is 6.59. The maximum Gasteiger partial charge on any atom is 0.208 e. The topological polar surface area (TPSA) is 47.3 Å². The quantitative estimate of drug-likeness (QED) is 0.477. The zero-order valence-electron chi connectivity index (χ0n) is 12.0. The van der Waals surface area contributed by atoms with Crippen LogP contribution in [0.25, 0.3) is 10.1 Å². The molecule has 0 bridgehead atoms. The molecular formula is C16H12O3S2. The van der Waals surface area contributed by atoms with E-state index in [2.05, 4.69) is 0 Å². The Morgan fingerprint density at radius 1 is 0.762 bits per heavy atom. The Kier molecular flexibility index (Phi) is 2.43. The SMILES string of the molecule is Cc1oc(C)c2c1C(=O)c1sc3c(C)sc(C)c3c1C2=O. The molecule has 0 aromatic carbocycles.